The van der Waals surface area contributed by atoms with E-state index in [9.17, 15) is 4.79 Å². The van der Waals surface area contributed by atoms with E-state index in [0.717, 1.165) is 23.7 Å². The first-order valence-corrected chi connectivity index (χ1v) is 7.36. The van der Waals surface area contributed by atoms with Gasteiger partial charge in [0.25, 0.3) is 5.91 Å². The second kappa shape index (κ2) is 6.66. The van der Waals surface area contributed by atoms with Crippen molar-refractivity contribution in [1.82, 2.24) is 10.3 Å². The van der Waals surface area contributed by atoms with Crippen molar-refractivity contribution in [3.63, 3.8) is 0 Å². The van der Waals surface area contributed by atoms with Gasteiger partial charge in [0.1, 0.15) is 5.69 Å². The lowest BCUT2D eigenvalue weighted by molar-refractivity contribution is 0.0948. The molecule has 0 bridgehead atoms. The highest BCUT2D eigenvalue weighted by Crippen LogP contribution is 2.11. The molecule has 19 heavy (non-hydrogen) atoms. The van der Waals surface area contributed by atoms with Crippen LogP contribution in [0.15, 0.2) is 36.4 Å². The number of rotatable bonds is 5. The maximum Gasteiger partial charge on any atom is 0.269 e. The fraction of sp³-hybridized carbons (Fsp3) is 0.333. The Kier molecular flexibility index (Phi) is 4.91. The second-order valence-electron chi connectivity index (χ2n) is 4.57. The number of alkyl halides is 1. The summed E-state index contributed by atoms with van der Waals surface area (Å²) in [4.78, 5) is 16.8. The number of hydrogen-bond donors (Lipinski definition) is 1. The molecule has 4 heteroatoms. The zero-order valence-electron chi connectivity index (χ0n) is 10.9. The molecule has 0 saturated heterocycles. The van der Waals surface area contributed by atoms with E-state index >= 15 is 0 Å². The van der Waals surface area contributed by atoms with Gasteiger partial charge in [0.2, 0.25) is 0 Å². The monoisotopic (exact) mass is 320 g/mol. The number of benzene rings is 1. The molecule has 1 aromatic carbocycles. The lowest BCUT2D eigenvalue weighted by Crippen LogP contribution is -2.25. The number of para-hydroxylation sites is 1. The van der Waals surface area contributed by atoms with E-state index in [0.29, 0.717) is 17.1 Å². The lowest BCUT2D eigenvalue weighted by Gasteiger charge is -2.06. The standard InChI is InChI=1S/C15H17BrN2O/c1-11(16)5-4-10-17-15(19)14-9-8-12-6-2-3-7-13(12)18-14/h2-3,6-9,11H,4-5,10H2,1H3,(H,17,19). The van der Waals surface area contributed by atoms with Crippen molar-refractivity contribution >= 4 is 32.7 Å². The van der Waals surface area contributed by atoms with Crippen LogP contribution in [0, 0.1) is 0 Å². The van der Waals surface area contributed by atoms with E-state index in [2.05, 4.69) is 33.2 Å². The maximum absolute atomic E-state index is 11.9. The zero-order chi connectivity index (χ0) is 13.7. The Balaban J connectivity index is 1.97. The van der Waals surface area contributed by atoms with Crippen molar-refractivity contribution < 1.29 is 4.79 Å². The summed E-state index contributed by atoms with van der Waals surface area (Å²) in [5.41, 5.74) is 1.33. The minimum Gasteiger partial charge on any atom is -0.351 e. The quantitative estimate of drug-likeness (QED) is 0.676. The van der Waals surface area contributed by atoms with Gasteiger partial charge in [-0.2, -0.15) is 0 Å². The van der Waals surface area contributed by atoms with Crippen molar-refractivity contribution in [2.45, 2.75) is 24.6 Å². The van der Waals surface area contributed by atoms with Gasteiger partial charge in [0, 0.05) is 16.8 Å². The van der Waals surface area contributed by atoms with Crippen molar-refractivity contribution in [3.05, 3.63) is 42.1 Å². The molecule has 2 rings (SSSR count). The van der Waals surface area contributed by atoms with Gasteiger partial charge in [-0.1, -0.05) is 47.1 Å². The average molecular weight is 321 g/mol. The fourth-order valence-electron chi connectivity index (χ4n) is 1.87. The number of nitrogens with zero attached hydrogens (tertiary/aromatic N) is 1. The molecular weight excluding hydrogens is 304 g/mol. The van der Waals surface area contributed by atoms with Crippen molar-refractivity contribution in [2.24, 2.45) is 0 Å². The largest absolute Gasteiger partial charge is 0.351 e. The fourth-order valence-corrected chi connectivity index (χ4v) is 2.19. The van der Waals surface area contributed by atoms with Gasteiger partial charge in [-0.15, -0.1) is 0 Å². The minimum atomic E-state index is -0.104. The van der Waals surface area contributed by atoms with Crippen LogP contribution in [0.1, 0.15) is 30.3 Å². The van der Waals surface area contributed by atoms with Crippen LogP contribution in [0.3, 0.4) is 0 Å². The molecule has 1 aromatic heterocycles. The summed E-state index contributed by atoms with van der Waals surface area (Å²) in [6.45, 7) is 2.79. The van der Waals surface area contributed by atoms with Crippen molar-refractivity contribution in [3.8, 4) is 0 Å². The van der Waals surface area contributed by atoms with Gasteiger partial charge < -0.3 is 5.32 Å². The van der Waals surface area contributed by atoms with Crippen LogP contribution in [-0.2, 0) is 0 Å². The molecule has 0 aliphatic carbocycles. The number of pyridine rings is 1. The van der Waals surface area contributed by atoms with Crippen molar-refractivity contribution in [1.29, 1.82) is 0 Å². The predicted octanol–water partition coefficient (Wildman–Crippen LogP) is 3.53. The highest BCUT2D eigenvalue weighted by atomic mass is 79.9. The van der Waals surface area contributed by atoms with E-state index in [1.165, 1.54) is 0 Å². The van der Waals surface area contributed by atoms with Crippen LogP contribution in [0.2, 0.25) is 0 Å². The number of nitrogens with one attached hydrogen (secondary N) is 1. The summed E-state index contributed by atoms with van der Waals surface area (Å²) < 4.78 is 0. The van der Waals surface area contributed by atoms with E-state index in [-0.39, 0.29) is 5.91 Å². The Bertz CT molecular complexity index is 569. The molecule has 0 radical (unpaired) electrons. The topological polar surface area (TPSA) is 42.0 Å². The molecular formula is C15H17BrN2O. The number of hydrogen-bond acceptors (Lipinski definition) is 2. The normalized spacial score (nSPS) is 12.3. The molecule has 1 atom stereocenters. The summed E-state index contributed by atoms with van der Waals surface area (Å²) in [5.74, 6) is -0.104. The third-order valence-corrected chi connectivity index (χ3v) is 3.35. The third kappa shape index (κ3) is 4.03. The Morgan fingerprint density at radius 1 is 1.32 bits per heavy atom. The number of amides is 1. The summed E-state index contributed by atoms with van der Waals surface area (Å²) in [6, 6.07) is 11.5. The molecule has 100 valence electrons. The van der Waals surface area contributed by atoms with Crippen LogP contribution in [-0.4, -0.2) is 22.3 Å². The molecule has 1 unspecified atom stereocenters. The van der Waals surface area contributed by atoms with Crippen LogP contribution < -0.4 is 5.32 Å². The highest BCUT2D eigenvalue weighted by Gasteiger charge is 2.07. The zero-order valence-corrected chi connectivity index (χ0v) is 12.5. The lowest BCUT2D eigenvalue weighted by atomic mass is 10.2. The molecule has 2 aromatic rings. The van der Waals surface area contributed by atoms with E-state index in [1.54, 1.807) is 6.07 Å². The Labute approximate surface area is 121 Å². The van der Waals surface area contributed by atoms with Crippen LogP contribution in [0.4, 0.5) is 0 Å². The molecule has 3 nitrogen and oxygen atoms in total. The first kappa shape index (κ1) is 14.0. The summed E-state index contributed by atoms with van der Waals surface area (Å²) in [5, 5.41) is 3.95. The van der Waals surface area contributed by atoms with Gasteiger partial charge in [0.05, 0.1) is 5.52 Å². The maximum atomic E-state index is 11.9. The van der Waals surface area contributed by atoms with E-state index in [1.807, 2.05) is 30.3 Å². The van der Waals surface area contributed by atoms with E-state index < -0.39 is 0 Å². The molecule has 1 heterocycles. The number of carbonyl (C=O) groups excluding carboxylic acids is 1. The van der Waals surface area contributed by atoms with Gasteiger partial charge in [-0.05, 0) is 25.0 Å². The molecule has 1 N–H and O–H groups in total. The number of aromatic nitrogens is 1. The van der Waals surface area contributed by atoms with E-state index in [4.69, 9.17) is 0 Å². The Morgan fingerprint density at radius 2 is 2.11 bits per heavy atom. The summed E-state index contributed by atoms with van der Waals surface area (Å²) in [6.07, 6.45) is 2.01. The predicted molar refractivity (Wildman–Crippen MR) is 81.7 cm³/mol. The number of carbonyl (C=O) groups is 1. The smallest absolute Gasteiger partial charge is 0.269 e. The number of fused-ring (bicyclic) bond motifs is 1. The molecule has 0 saturated carbocycles. The first-order chi connectivity index (χ1) is 9.16. The molecule has 0 aliphatic rings. The average Bonchev–Trinajstić information content (AvgIpc) is 2.42. The third-order valence-electron chi connectivity index (χ3n) is 2.90. The van der Waals surface area contributed by atoms with Gasteiger partial charge in [-0.3, -0.25) is 4.79 Å². The molecule has 1 amide bonds. The van der Waals surface area contributed by atoms with Crippen LogP contribution >= 0.6 is 15.9 Å². The Morgan fingerprint density at radius 3 is 2.89 bits per heavy atom. The number of halogens is 1. The van der Waals surface area contributed by atoms with Crippen LogP contribution in [0.5, 0.6) is 0 Å². The molecule has 0 aliphatic heterocycles. The molecule has 0 fully saturated rings. The summed E-state index contributed by atoms with van der Waals surface area (Å²) in [7, 11) is 0. The second-order valence-corrected chi connectivity index (χ2v) is 6.13. The van der Waals surface area contributed by atoms with Gasteiger partial charge in [-0.25, -0.2) is 4.98 Å². The minimum absolute atomic E-state index is 0.104. The SMILES string of the molecule is CC(Br)CCCNC(=O)c1ccc2ccccc2n1. The van der Waals surface area contributed by atoms with Gasteiger partial charge in [0.15, 0.2) is 0 Å². The summed E-state index contributed by atoms with van der Waals surface area (Å²) >= 11 is 3.49. The highest BCUT2D eigenvalue weighted by molar-refractivity contribution is 9.09. The Hall–Kier alpha value is -1.42. The van der Waals surface area contributed by atoms with Crippen LogP contribution in [0.25, 0.3) is 10.9 Å². The van der Waals surface area contributed by atoms with Crippen molar-refractivity contribution in [2.75, 3.05) is 6.54 Å². The molecule has 0 spiro atoms. The van der Waals surface area contributed by atoms with Gasteiger partial charge >= 0.3 is 0 Å². The first-order valence-electron chi connectivity index (χ1n) is 6.45.